The van der Waals surface area contributed by atoms with Crippen LogP contribution in [0.5, 0.6) is 17.2 Å². The monoisotopic (exact) mass is 554 g/mol. The summed E-state index contributed by atoms with van der Waals surface area (Å²) in [5.74, 6) is 1.43. The molecular weight excluding hydrogens is 516 g/mol. The average Bonchev–Trinajstić information content (AvgIpc) is 3.15. The average molecular weight is 555 g/mol. The van der Waals surface area contributed by atoms with E-state index >= 15 is 0 Å². The Morgan fingerprint density at radius 2 is 1.56 bits per heavy atom. The quantitative estimate of drug-likeness (QED) is 0.282. The number of carbonyl (C=O) groups excluding carboxylic acids is 2. The molecule has 0 fully saturated rings. The van der Waals surface area contributed by atoms with Crippen molar-refractivity contribution in [2.45, 2.75) is 57.4 Å². The molecule has 0 aromatic heterocycles. The van der Waals surface area contributed by atoms with Crippen molar-refractivity contribution in [1.29, 1.82) is 0 Å². The molecule has 1 aliphatic carbocycles. The number of benzene rings is 3. The number of anilines is 2. The summed E-state index contributed by atoms with van der Waals surface area (Å²) < 4.78 is 17.0. The van der Waals surface area contributed by atoms with Crippen LogP contribution in [-0.4, -0.2) is 33.0 Å². The van der Waals surface area contributed by atoms with Gasteiger partial charge in [0, 0.05) is 24.1 Å². The molecule has 0 unspecified atom stereocenters. The lowest BCUT2D eigenvalue weighted by atomic mass is 9.78. The minimum absolute atomic E-state index is 0.0190. The van der Waals surface area contributed by atoms with Crippen molar-refractivity contribution in [3.05, 3.63) is 89.1 Å². The number of allylic oxidation sites excluding steroid dienone is 1. The highest BCUT2D eigenvalue weighted by atomic mass is 16.5. The van der Waals surface area contributed by atoms with Crippen molar-refractivity contribution >= 4 is 23.1 Å². The third-order valence-electron chi connectivity index (χ3n) is 8.03. The van der Waals surface area contributed by atoms with Gasteiger partial charge in [0.05, 0.1) is 38.7 Å². The lowest BCUT2D eigenvalue weighted by Gasteiger charge is -2.35. The van der Waals surface area contributed by atoms with E-state index < -0.39 is 6.04 Å². The van der Waals surface area contributed by atoms with Gasteiger partial charge in [0.15, 0.2) is 17.3 Å². The molecule has 7 heteroatoms. The van der Waals surface area contributed by atoms with E-state index in [9.17, 15) is 9.59 Å². The van der Waals surface area contributed by atoms with Gasteiger partial charge in [0.2, 0.25) is 11.7 Å². The molecule has 0 bridgehead atoms. The highest BCUT2D eigenvalue weighted by molar-refractivity contribution is 6.06. The number of fused-ring (bicyclic) bond motifs is 1. The first-order valence-corrected chi connectivity index (χ1v) is 14.3. The predicted octanol–water partition coefficient (Wildman–Crippen LogP) is 7.19. The number of hydrogen-bond acceptors (Lipinski definition) is 6. The Hall–Kier alpha value is -4.26. The summed E-state index contributed by atoms with van der Waals surface area (Å²) >= 11 is 0. The molecule has 0 spiro atoms. The number of para-hydroxylation sites is 2. The second-order valence-electron chi connectivity index (χ2n) is 10.6. The molecule has 1 aliphatic heterocycles. The number of methoxy groups -OCH3 is 3. The molecule has 1 heterocycles. The molecule has 3 aromatic rings. The largest absolute Gasteiger partial charge is 0.493 e. The molecular formula is C34H38N2O5. The van der Waals surface area contributed by atoms with Crippen LogP contribution in [0.15, 0.2) is 78.0 Å². The SMILES string of the molecule is CCCCCC(=O)N1c2ccccc2NC2=C(C(=O)C[C@@H](c3ccccc3)C2)[C@@H]1c1cc(OC)c(OC)c(OC)c1. The van der Waals surface area contributed by atoms with Crippen LogP contribution >= 0.6 is 0 Å². The van der Waals surface area contributed by atoms with Gasteiger partial charge < -0.3 is 19.5 Å². The van der Waals surface area contributed by atoms with E-state index in [-0.39, 0.29) is 17.6 Å². The molecule has 0 saturated heterocycles. The van der Waals surface area contributed by atoms with Crippen LogP contribution in [0.4, 0.5) is 11.4 Å². The van der Waals surface area contributed by atoms with Gasteiger partial charge in [-0.15, -0.1) is 0 Å². The van der Waals surface area contributed by atoms with Crippen molar-refractivity contribution in [1.82, 2.24) is 0 Å². The minimum Gasteiger partial charge on any atom is -0.493 e. The third kappa shape index (κ3) is 5.53. The Kier molecular flexibility index (Phi) is 8.62. The fraction of sp³-hybridized carbons (Fsp3) is 0.353. The van der Waals surface area contributed by atoms with E-state index in [1.54, 1.807) is 21.3 Å². The minimum atomic E-state index is -0.673. The van der Waals surface area contributed by atoms with E-state index in [0.29, 0.717) is 42.1 Å². The van der Waals surface area contributed by atoms with Crippen LogP contribution in [0.2, 0.25) is 0 Å². The van der Waals surface area contributed by atoms with Crippen molar-refractivity contribution in [3.63, 3.8) is 0 Å². The number of amides is 1. The van der Waals surface area contributed by atoms with E-state index in [1.807, 2.05) is 59.5 Å². The number of ketones is 1. The number of unbranched alkanes of at least 4 members (excludes halogenated alkanes) is 2. The van der Waals surface area contributed by atoms with E-state index in [1.165, 1.54) is 0 Å². The molecule has 2 atom stereocenters. The van der Waals surface area contributed by atoms with Gasteiger partial charge in [-0.1, -0.05) is 62.2 Å². The normalized spacial score (nSPS) is 18.1. The smallest absolute Gasteiger partial charge is 0.227 e. The van der Waals surface area contributed by atoms with Gasteiger partial charge in [0.25, 0.3) is 0 Å². The summed E-state index contributed by atoms with van der Waals surface area (Å²) in [6.07, 6.45) is 4.14. The van der Waals surface area contributed by atoms with Crippen molar-refractivity contribution in [2.24, 2.45) is 0 Å². The van der Waals surface area contributed by atoms with Crippen molar-refractivity contribution in [3.8, 4) is 17.2 Å². The summed E-state index contributed by atoms with van der Waals surface area (Å²) in [7, 11) is 4.70. The van der Waals surface area contributed by atoms with Crippen LogP contribution in [-0.2, 0) is 9.59 Å². The first kappa shape index (κ1) is 28.3. The van der Waals surface area contributed by atoms with E-state index in [0.717, 1.165) is 47.5 Å². The van der Waals surface area contributed by atoms with Gasteiger partial charge in [-0.3, -0.25) is 14.5 Å². The Morgan fingerprint density at radius 3 is 2.22 bits per heavy atom. The molecule has 41 heavy (non-hydrogen) atoms. The van der Waals surface area contributed by atoms with Gasteiger partial charge in [-0.25, -0.2) is 0 Å². The van der Waals surface area contributed by atoms with Gasteiger partial charge >= 0.3 is 0 Å². The van der Waals surface area contributed by atoms with Crippen LogP contribution in [0.1, 0.15) is 68.5 Å². The number of Topliss-reactive ketones (excluding diaryl/α,β-unsaturated/α-hetero) is 1. The highest BCUT2D eigenvalue weighted by Crippen LogP contribution is 2.50. The maximum Gasteiger partial charge on any atom is 0.227 e. The van der Waals surface area contributed by atoms with E-state index in [2.05, 4.69) is 24.4 Å². The summed E-state index contributed by atoms with van der Waals surface area (Å²) in [5.41, 5.74) is 4.84. The van der Waals surface area contributed by atoms with Crippen LogP contribution in [0, 0.1) is 0 Å². The molecule has 7 nitrogen and oxygen atoms in total. The van der Waals surface area contributed by atoms with Gasteiger partial charge in [-0.2, -0.15) is 0 Å². The molecule has 1 N–H and O–H groups in total. The van der Waals surface area contributed by atoms with Crippen molar-refractivity contribution in [2.75, 3.05) is 31.5 Å². The van der Waals surface area contributed by atoms with Crippen LogP contribution in [0.3, 0.4) is 0 Å². The fourth-order valence-electron chi connectivity index (χ4n) is 6.05. The number of carbonyl (C=O) groups is 2. The van der Waals surface area contributed by atoms with Gasteiger partial charge in [0.1, 0.15) is 0 Å². The summed E-state index contributed by atoms with van der Waals surface area (Å²) in [4.78, 5) is 30.2. The first-order valence-electron chi connectivity index (χ1n) is 14.3. The Labute approximate surface area is 242 Å². The van der Waals surface area contributed by atoms with Crippen LogP contribution in [0.25, 0.3) is 0 Å². The Balaban J connectivity index is 1.73. The Bertz CT molecular complexity index is 1420. The third-order valence-corrected chi connectivity index (χ3v) is 8.03. The summed E-state index contributed by atoms with van der Waals surface area (Å²) in [6.45, 7) is 2.12. The molecule has 1 amide bonds. The zero-order valence-electron chi connectivity index (χ0n) is 24.2. The second-order valence-corrected chi connectivity index (χ2v) is 10.6. The summed E-state index contributed by atoms with van der Waals surface area (Å²) in [5, 5.41) is 3.60. The molecule has 0 saturated carbocycles. The molecule has 3 aromatic carbocycles. The molecule has 5 rings (SSSR count). The zero-order chi connectivity index (χ0) is 28.9. The summed E-state index contributed by atoms with van der Waals surface area (Å²) in [6, 6.07) is 21.0. The number of hydrogen-bond donors (Lipinski definition) is 1. The van der Waals surface area contributed by atoms with Crippen molar-refractivity contribution < 1.29 is 23.8 Å². The first-order chi connectivity index (χ1) is 20.0. The standard InChI is InChI=1S/C34H38N2O5/c1-5-6-8-17-31(38)36-27-16-12-11-15-25(27)35-26-18-23(22-13-9-7-10-14-22)19-28(37)32(26)33(36)24-20-29(39-2)34(41-4)30(21-24)40-3/h7,9-16,20-21,23,33,35H,5-6,8,17-19H2,1-4H3/t23-,33-/m0/s1. The predicted molar refractivity (Wildman–Crippen MR) is 161 cm³/mol. The van der Waals surface area contributed by atoms with E-state index in [4.69, 9.17) is 14.2 Å². The number of ether oxygens (including phenoxy) is 3. The maximum absolute atomic E-state index is 14.2. The lowest BCUT2D eigenvalue weighted by molar-refractivity contribution is -0.119. The number of nitrogens with zero attached hydrogens (tertiary/aromatic N) is 1. The molecule has 0 radical (unpaired) electrons. The molecule has 2 aliphatic rings. The topological polar surface area (TPSA) is 77.1 Å². The Morgan fingerprint density at radius 1 is 0.878 bits per heavy atom. The molecule has 214 valence electrons. The lowest BCUT2D eigenvalue weighted by Crippen LogP contribution is -2.38. The zero-order valence-corrected chi connectivity index (χ0v) is 24.2. The fourth-order valence-corrected chi connectivity index (χ4v) is 6.05. The number of rotatable bonds is 9. The van der Waals surface area contributed by atoms with Crippen LogP contribution < -0.4 is 24.4 Å². The number of nitrogens with one attached hydrogen (secondary N) is 1. The second kappa shape index (κ2) is 12.5. The maximum atomic E-state index is 14.2. The van der Waals surface area contributed by atoms with Gasteiger partial charge in [-0.05, 0) is 54.2 Å². The highest BCUT2D eigenvalue weighted by Gasteiger charge is 2.42.